The van der Waals surface area contributed by atoms with Gasteiger partial charge in [-0.3, -0.25) is 14.2 Å². The Balaban J connectivity index is 1.55. The Kier molecular flexibility index (Phi) is 13.0. The summed E-state index contributed by atoms with van der Waals surface area (Å²) >= 11 is 8.11. The van der Waals surface area contributed by atoms with Gasteiger partial charge in [-0.2, -0.15) is 14.0 Å². The monoisotopic (exact) mass is 725 g/mol. The number of hydrogen-bond acceptors (Lipinski definition) is 13. The number of amides is 1. The summed E-state index contributed by atoms with van der Waals surface area (Å²) in [7, 11) is -3.60. The molecule has 1 saturated heterocycles. The number of anilines is 1. The van der Waals surface area contributed by atoms with Crippen LogP contribution in [0.2, 0.25) is 0 Å². The SMILES string of the molecule is CC(C)(CCOC(C)(C)CCCN)CNC(=O)CCCn1c(N)nc2c(nc(Br)n2CC(O)[C@@H]2O[P+](O)([S-])OCC2O)c1=O. The first-order valence-electron chi connectivity index (χ1n) is 14.5. The van der Waals surface area contributed by atoms with Gasteiger partial charge < -0.3 is 48.5 Å². The van der Waals surface area contributed by atoms with Crippen LogP contribution in [0, 0.1) is 5.41 Å². The molecule has 2 aromatic rings. The van der Waals surface area contributed by atoms with Crippen LogP contribution in [0.3, 0.4) is 0 Å². The quantitative estimate of drug-likeness (QED) is 0.0813. The predicted molar refractivity (Wildman–Crippen MR) is 172 cm³/mol. The van der Waals surface area contributed by atoms with Gasteiger partial charge in [0.2, 0.25) is 11.9 Å². The summed E-state index contributed by atoms with van der Waals surface area (Å²) in [6, 6.07) is 0. The topological polar surface area (TPSA) is 222 Å². The van der Waals surface area contributed by atoms with Crippen LogP contribution in [0.25, 0.3) is 11.2 Å². The Hall–Kier alpha value is -1.40. The molecule has 8 N–H and O–H groups in total. The third kappa shape index (κ3) is 10.3. The fourth-order valence-corrected chi connectivity index (χ4v) is 6.67. The normalized spacial score (nSPS) is 22.0. The van der Waals surface area contributed by atoms with E-state index in [-0.39, 0.29) is 64.9 Å². The highest BCUT2D eigenvalue weighted by Crippen LogP contribution is 2.58. The van der Waals surface area contributed by atoms with Crippen molar-refractivity contribution in [3.8, 4) is 0 Å². The summed E-state index contributed by atoms with van der Waals surface area (Å²) in [5, 5.41) is 23.9. The van der Waals surface area contributed by atoms with Gasteiger partial charge in [-0.25, -0.2) is 9.88 Å². The number of imidazole rings is 1. The molecular formula is C26H45BrN7O8PS. The highest BCUT2D eigenvalue weighted by Gasteiger charge is 2.44. The molecule has 4 atom stereocenters. The average molecular weight is 727 g/mol. The number of aliphatic hydroxyl groups excluding tert-OH is 2. The van der Waals surface area contributed by atoms with Crippen LogP contribution < -0.4 is 22.3 Å². The molecule has 3 rings (SSSR count). The van der Waals surface area contributed by atoms with Crippen LogP contribution in [0.5, 0.6) is 0 Å². The lowest BCUT2D eigenvalue weighted by Gasteiger charge is -2.36. The molecule has 2 aromatic heterocycles. The lowest BCUT2D eigenvalue weighted by molar-refractivity contribution is -0.121. The molecule has 3 unspecified atom stereocenters. The standard InChI is InChI=1S/C26H45BrN7O8PS/c1-25(2,9-12-40-26(3,4)8-6-10-28)15-30-18(37)7-5-11-33-22(38)19-21(32-24(33)29)34(23(27)31-19)13-16(35)20-17(36)14-41-43(39,44)42-20/h16-17,20,35-36H,5-15,28H2,1-4H3,(H2,29,32)(H,30,37)(H,39,44)/t16?,17?,20-,43?/m0/s1. The van der Waals surface area contributed by atoms with Gasteiger partial charge in [0.1, 0.15) is 18.8 Å². The van der Waals surface area contributed by atoms with Gasteiger partial charge in [-0.15, -0.1) is 0 Å². The molecular weight excluding hydrogens is 681 g/mol. The van der Waals surface area contributed by atoms with Crippen molar-refractivity contribution in [3.63, 3.8) is 0 Å². The van der Waals surface area contributed by atoms with Crippen molar-refractivity contribution in [2.24, 2.45) is 11.1 Å². The second-order valence-electron chi connectivity index (χ2n) is 12.4. The molecule has 1 aliphatic heterocycles. The molecule has 3 heterocycles. The first-order valence-corrected chi connectivity index (χ1v) is 17.9. The van der Waals surface area contributed by atoms with E-state index in [1.54, 1.807) is 0 Å². The molecule has 1 fully saturated rings. The number of aromatic nitrogens is 4. The third-order valence-electron chi connectivity index (χ3n) is 7.43. The van der Waals surface area contributed by atoms with Gasteiger partial charge in [0.25, 0.3) is 12.7 Å². The molecule has 0 aliphatic carbocycles. The summed E-state index contributed by atoms with van der Waals surface area (Å²) in [5.74, 6) is -0.232. The van der Waals surface area contributed by atoms with Gasteiger partial charge in [0.05, 0.1) is 12.1 Å². The number of nitrogen functional groups attached to an aromatic ring is 1. The molecule has 0 aromatic carbocycles. The lowest BCUT2D eigenvalue weighted by Crippen LogP contribution is -2.46. The zero-order valence-electron chi connectivity index (χ0n) is 25.6. The molecule has 0 spiro atoms. The van der Waals surface area contributed by atoms with Gasteiger partial charge in [-0.1, -0.05) is 13.8 Å². The molecule has 18 heteroatoms. The number of aliphatic hydroxyl groups is 2. The van der Waals surface area contributed by atoms with Gasteiger partial charge in [0.15, 0.2) is 22.0 Å². The number of nitrogens with one attached hydrogen (secondary N) is 1. The Morgan fingerprint density at radius 3 is 2.66 bits per heavy atom. The van der Waals surface area contributed by atoms with Crippen molar-refractivity contribution in [1.82, 2.24) is 24.4 Å². The maximum atomic E-state index is 13.2. The van der Waals surface area contributed by atoms with E-state index in [9.17, 15) is 24.7 Å². The largest absolute Gasteiger partial charge is 0.459 e. The Labute approximate surface area is 270 Å². The Morgan fingerprint density at radius 2 is 1.98 bits per heavy atom. The smallest absolute Gasteiger partial charge is 0.287 e. The number of fused-ring (bicyclic) bond motifs is 1. The number of nitrogens with two attached hydrogens (primary N) is 2. The summed E-state index contributed by atoms with van der Waals surface area (Å²) in [4.78, 5) is 44.3. The van der Waals surface area contributed by atoms with E-state index < -0.39 is 31.0 Å². The van der Waals surface area contributed by atoms with Gasteiger partial charge in [-0.05, 0) is 67.4 Å². The molecule has 0 radical (unpaired) electrons. The van der Waals surface area contributed by atoms with Crippen molar-refractivity contribution in [3.05, 3.63) is 15.1 Å². The number of hydrogen-bond donors (Lipinski definition) is 6. The number of ether oxygens (including phenoxy) is 1. The maximum Gasteiger partial charge on any atom is 0.287 e. The fraction of sp³-hybridized carbons (Fsp3) is 0.769. The van der Waals surface area contributed by atoms with E-state index in [0.717, 1.165) is 19.3 Å². The first-order chi connectivity index (χ1) is 20.4. The highest BCUT2D eigenvalue weighted by molar-refractivity contribution is 9.10. The minimum atomic E-state index is -3.60. The minimum Gasteiger partial charge on any atom is -0.459 e. The first kappa shape index (κ1) is 37.1. The van der Waals surface area contributed by atoms with E-state index in [4.69, 9.17) is 37.5 Å². The van der Waals surface area contributed by atoms with Crippen LogP contribution >= 0.6 is 23.1 Å². The van der Waals surface area contributed by atoms with E-state index in [0.29, 0.717) is 26.1 Å². The summed E-state index contributed by atoms with van der Waals surface area (Å²) in [6.07, 6.45) is -0.737. The number of halogens is 1. The van der Waals surface area contributed by atoms with Crippen LogP contribution in [0.4, 0.5) is 5.95 Å². The van der Waals surface area contributed by atoms with Crippen LogP contribution in [0.1, 0.15) is 59.8 Å². The van der Waals surface area contributed by atoms with Crippen molar-refractivity contribution in [2.75, 3.05) is 32.0 Å². The summed E-state index contributed by atoms with van der Waals surface area (Å²) < 4.78 is 19.0. The van der Waals surface area contributed by atoms with Gasteiger partial charge in [0, 0.05) is 26.1 Å². The second-order valence-corrected chi connectivity index (χ2v) is 15.9. The zero-order chi connectivity index (χ0) is 32.9. The van der Waals surface area contributed by atoms with Crippen LogP contribution in [0.15, 0.2) is 9.53 Å². The number of nitrogens with zero attached hydrogens (tertiary/aromatic N) is 4. The van der Waals surface area contributed by atoms with E-state index >= 15 is 0 Å². The molecule has 15 nitrogen and oxygen atoms in total. The average Bonchev–Trinajstić information content (AvgIpc) is 3.24. The minimum absolute atomic E-state index is 0.00128. The molecule has 0 bridgehead atoms. The van der Waals surface area contributed by atoms with E-state index in [1.165, 1.54) is 9.13 Å². The maximum absolute atomic E-state index is 13.2. The molecule has 1 amide bonds. The Morgan fingerprint density at radius 1 is 1.27 bits per heavy atom. The third-order valence-corrected chi connectivity index (χ3v) is 9.60. The predicted octanol–water partition coefficient (Wildman–Crippen LogP) is 1.14. The highest BCUT2D eigenvalue weighted by atomic mass is 79.9. The molecule has 44 heavy (non-hydrogen) atoms. The second kappa shape index (κ2) is 15.5. The summed E-state index contributed by atoms with van der Waals surface area (Å²) in [6.45, 7) is 9.58. The number of rotatable bonds is 16. The van der Waals surface area contributed by atoms with Crippen molar-refractivity contribution in [1.29, 1.82) is 0 Å². The number of carbonyl (C=O) groups is 1. The molecule has 250 valence electrons. The molecule has 1 aliphatic rings. The van der Waals surface area contributed by atoms with Crippen LogP contribution in [-0.2, 0) is 43.9 Å². The van der Waals surface area contributed by atoms with Crippen molar-refractivity contribution < 1.29 is 33.7 Å². The van der Waals surface area contributed by atoms with Crippen LogP contribution in [-0.4, -0.2) is 90.3 Å². The summed E-state index contributed by atoms with van der Waals surface area (Å²) in [5.41, 5.74) is 10.9. The van der Waals surface area contributed by atoms with Crippen molar-refractivity contribution in [2.45, 2.75) is 96.8 Å². The lowest BCUT2D eigenvalue weighted by atomic mass is 9.89. The number of carbonyl (C=O) groups excluding carboxylic acids is 1. The van der Waals surface area contributed by atoms with Gasteiger partial charge >= 0.3 is 0 Å². The fourth-order valence-electron chi connectivity index (χ4n) is 4.71. The van der Waals surface area contributed by atoms with E-state index in [2.05, 4.69) is 58.9 Å². The molecule has 0 saturated carbocycles. The van der Waals surface area contributed by atoms with Crippen molar-refractivity contribution >= 4 is 58.3 Å². The zero-order valence-corrected chi connectivity index (χ0v) is 28.9. The Bertz CT molecular complexity index is 1340. The van der Waals surface area contributed by atoms with E-state index in [1.807, 2.05) is 0 Å².